The average Bonchev–Trinajstić information content (AvgIpc) is 2.70. The molecule has 1 aromatic carbocycles. The third-order valence-electron chi connectivity index (χ3n) is 5.50. The molecule has 0 amide bonds. The van der Waals surface area contributed by atoms with E-state index in [1.807, 2.05) is 0 Å². The van der Waals surface area contributed by atoms with Gasteiger partial charge in [0.25, 0.3) is 0 Å². The van der Waals surface area contributed by atoms with E-state index in [0.717, 1.165) is 12.1 Å². The van der Waals surface area contributed by atoms with E-state index in [2.05, 4.69) is 12.2 Å². The third kappa shape index (κ3) is 16.7. The molecule has 0 heterocycles. The Kier molecular flexibility index (Phi) is 19.8. The van der Waals surface area contributed by atoms with Gasteiger partial charge in [0.05, 0.1) is 4.90 Å². The Morgan fingerprint density at radius 1 is 0.700 bits per heavy atom. The molecule has 30 heavy (non-hydrogen) atoms. The van der Waals surface area contributed by atoms with Crippen LogP contribution >= 0.6 is 0 Å². The summed E-state index contributed by atoms with van der Waals surface area (Å²) in [6.07, 6.45) is 20.6. The van der Waals surface area contributed by atoms with Crippen molar-refractivity contribution in [2.24, 2.45) is 0 Å². The molecule has 1 N–H and O–H groups in total. The molecule has 0 saturated carbocycles. The molecule has 1 aromatic rings. The number of unbranched alkanes of at least 4 members (excludes halogenated alkanes) is 14. The Morgan fingerprint density at radius 3 is 1.50 bits per heavy atom. The molecule has 0 saturated heterocycles. The van der Waals surface area contributed by atoms with Crippen molar-refractivity contribution in [1.82, 2.24) is 5.32 Å². The molecule has 0 aliphatic heterocycles. The zero-order chi connectivity index (χ0) is 21.2. The fourth-order valence-corrected chi connectivity index (χ4v) is 4.10. The molecule has 0 fully saturated rings. The normalized spacial score (nSPS) is 11.4. The SMILES string of the molecule is CCCCCCCCCCCCCCCCCNCc1ccc(S(=O)(=O)[O-])cc1.[Na+]. The third-order valence-corrected chi connectivity index (χ3v) is 6.35. The van der Waals surface area contributed by atoms with Crippen LogP contribution in [0.1, 0.15) is 109 Å². The molecule has 0 aliphatic rings. The Balaban J connectivity index is 0.00000841. The van der Waals surface area contributed by atoms with Crippen molar-refractivity contribution in [3.05, 3.63) is 29.8 Å². The molecule has 1 rings (SSSR count). The Hall–Kier alpha value is 0.0900. The largest absolute Gasteiger partial charge is 1.00 e. The maximum atomic E-state index is 10.9. The van der Waals surface area contributed by atoms with Crippen LogP contribution in [0.2, 0.25) is 0 Å². The van der Waals surface area contributed by atoms with E-state index in [9.17, 15) is 13.0 Å². The molecular formula is C24H42NNaO3S. The van der Waals surface area contributed by atoms with Crippen LogP contribution in [0, 0.1) is 0 Å². The Labute approximate surface area is 208 Å². The maximum absolute atomic E-state index is 10.9. The molecule has 4 nitrogen and oxygen atoms in total. The first-order chi connectivity index (χ1) is 14.0. The van der Waals surface area contributed by atoms with Gasteiger partial charge < -0.3 is 9.87 Å². The van der Waals surface area contributed by atoms with Gasteiger partial charge in [-0.3, -0.25) is 0 Å². The van der Waals surface area contributed by atoms with Gasteiger partial charge in [0, 0.05) is 6.54 Å². The molecule has 0 unspecified atom stereocenters. The maximum Gasteiger partial charge on any atom is 1.00 e. The van der Waals surface area contributed by atoms with Gasteiger partial charge in [-0.2, -0.15) is 0 Å². The zero-order valence-corrected chi connectivity index (χ0v) is 22.3. The van der Waals surface area contributed by atoms with E-state index in [4.69, 9.17) is 0 Å². The predicted molar refractivity (Wildman–Crippen MR) is 121 cm³/mol. The van der Waals surface area contributed by atoms with Gasteiger partial charge in [0.15, 0.2) is 0 Å². The van der Waals surface area contributed by atoms with Crippen molar-refractivity contribution in [2.45, 2.75) is 115 Å². The van der Waals surface area contributed by atoms with E-state index >= 15 is 0 Å². The second-order valence-corrected chi connectivity index (χ2v) is 9.60. The van der Waals surface area contributed by atoms with Crippen molar-refractivity contribution in [3.8, 4) is 0 Å². The monoisotopic (exact) mass is 447 g/mol. The number of nitrogens with one attached hydrogen (secondary N) is 1. The summed E-state index contributed by atoms with van der Waals surface area (Å²) in [5.41, 5.74) is 0.998. The van der Waals surface area contributed by atoms with E-state index in [0.29, 0.717) is 6.54 Å². The fourth-order valence-electron chi connectivity index (χ4n) is 3.63. The second-order valence-electron chi connectivity index (χ2n) is 8.22. The van der Waals surface area contributed by atoms with Gasteiger partial charge in [-0.25, -0.2) is 8.42 Å². The summed E-state index contributed by atoms with van der Waals surface area (Å²) in [4.78, 5) is -0.163. The number of hydrogen-bond donors (Lipinski definition) is 1. The summed E-state index contributed by atoms with van der Waals surface area (Å²) in [7, 11) is -4.34. The smallest absolute Gasteiger partial charge is 0.744 e. The summed E-state index contributed by atoms with van der Waals surface area (Å²) in [5, 5.41) is 3.38. The van der Waals surface area contributed by atoms with Gasteiger partial charge in [-0.1, -0.05) is 109 Å². The van der Waals surface area contributed by atoms with Gasteiger partial charge in [-0.15, -0.1) is 0 Å². The molecule has 0 spiro atoms. The number of benzene rings is 1. The van der Waals surface area contributed by atoms with Crippen LogP contribution in [0.15, 0.2) is 29.2 Å². The van der Waals surface area contributed by atoms with Crippen LogP contribution in [0.25, 0.3) is 0 Å². The molecular weight excluding hydrogens is 405 g/mol. The van der Waals surface area contributed by atoms with E-state index in [1.54, 1.807) is 12.1 Å². The molecule has 168 valence electrons. The second kappa shape index (κ2) is 19.8. The minimum atomic E-state index is -4.34. The van der Waals surface area contributed by atoms with Crippen molar-refractivity contribution in [1.29, 1.82) is 0 Å². The van der Waals surface area contributed by atoms with Crippen molar-refractivity contribution >= 4 is 10.1 Å². The molecule has 0 radical (unpaired) electrons. The Morgan fingerprint density at radius 2 is 1.10 bits per heavy atom. The Bertz CT molecular complexity index is 605. The average molecular weight is 448 g/mol. The molecule has 0 bridgehead atoms. The topological polar surface area (TPSA) is 69.2 Å². The van der Waals surface area contributed by atoms with Crippen LogP contribution in [-0.4, -0.2) is 19.5 Å². The summed E-state index contributed by atoms with van der Waals surface area (Å²) in [6.45, 7) is 3.95. The summed E-state index contributed by atoms with van der Waals surface area (Å²) in [6, 6.07) is 6.16. The van der Waals surface area contributed by atoms with Gasteiger partial charge >= 0.3 is 29.6 Å². The van der Waals surface area contributed by atoms with Crippen LogP contribution < -0.4 is 34.9 Å². The quantitative estimate of drug-likeness (QED) is 0.200. The molecule has 0 aliphatic carbocycles. The van der Waals surface area contributed by atoms with Crippen molar-refractivity contribution in [3.63, 3.8) is 0 Å². The fraction of sp³-hybridized carbons (Fsp3) is 0.750. The van der Waals surface area contributed by atoms with Crippen molar-refractivity contribution in [2.75, 3.05) is 6.54 Å². The number of hydrogen-bond acceptors (Lipinski definition) is 4. The standard InChI is InChI=1S/C24H43NO3S.Na/c1-2-3-4-5-6-7-8-9-10-11-12-13-14-15-16-21-25-22-23-17-19-24(20-18-23)29(26,27)28;/h17-20,25H,2-16,21-22H2,1H3,(H,26,27,28);/q;+1/p-1. The van der Waals surface area contributed by atoms with Crippen LogP contribution in [0.4, 0.5) is 0 Å². The first-order valence-electron chi connectivity index (χ1n) is 11.8. The first-order valence-corrected chi connectivity index (χ1v) is 13.2. The first kappa shape index (κ1) is 30.1. The predicted octanol–water partition coefficient (Wildman–Crippen LogP) is 3.56. The summed E-state index contributed by atoms with van der Waals surface area (Å²) >= 11 is 0. The van der Waals surface area contributed by atoms with Gasteiger partial charge in [0.2, 0.25) is 0 Å². The zero-order valence-electron chi connectivity index (χ0n) is 19.5. The van der Waals surface area contributed by atoms with Gasteiger partial charge in [-0.05, 0) is 30.7 Å². The van der Waals surface area contributed by atoms with E-state index < -0.39 is 10.1 Å². The van der Waals surface area contributed by atoms with Crippen LogP contribution in [0.3, 0.4) is 0 Å². The number of rotatable bonds is 19. The van der Waals surface area contributed by atoms with Crippen LogP contribution in [0.5, 0.6) is 0 Å². The van der Waals surface area contributed by atoms with Gasteiger partial charge in [0.1, 0.15) is 10.1 Å². The molecule has 0 aromatic heterocycles. The molecule has 0 atom stereocenters. The van der Waals surface area contributed by atoms with Crippen LogP contribution in [-0.2, 0) is 16.7 Å². The minimum absolute atomic E-state index is 0. The minimum Gasteiger partial charge on any atom is -0.744 e. The van der Waals surface area contributed by atoms with E-state index in [1.165, 1.54) is 108 Å². The summed E-state index contributed by atoms with van der Waals surface area (Å²) < 4.78 is 32.7. The molecule has 6 heteroatoms. The summed E-state index contributed by atoms with van der Waals surface area (Å²) in [5.74, 6) is 0. The van der Waals surface area contributed by atoms with Crippen molar-refractivity contribution < 1.29 is 42.5 Å². The van der Waals surface area contributed by atoms with E-state index in [-0.39, 0.29) is 34.5 Å².